The van der Waals surface area contributed by atoms with Gasteiger partial charge >= 0.3 is 11.7 Å². The second kappa shape index (κ2) is 54.6. The Hall–Kier alpha value is -8.85. The van der Waals surface area contributed by atoms with Crippen molar-refractivity contribution in [2.45, 2.75) is 219 Å². The van der Waals surface area contributed by atoms with E-state index in [0.717, 1.165) is 79.7 Å². The number of esters is 1. The van der Waals surface area contributed by atoms with E-state index >= 15 is 0 Å². The Morgan fingerprint density at radius 2 is 1.33 bits per heavy atom. The molecule has 1 aliphatic carbocycles. The number of imidazole rings is 1. The largest absolute Gasteiger partial charge is 0.481 e. The number of piperazine rings is 1. The van der Waals surface area contributed by atoms with Crippen LogP contribution in [0.3, 0.4) is 0 Å². The highest BCUT2D eigenvalue weighted by Gasteiger charge is 2.53. The van der Waals surface area contributed by atoms with Gasteiger partial charge < -0.3 is 101 Å². The van der Waals surface area contributed by atoms with E-state index in [-0.39, 0.29) is 67.2 Å². The zero-order valence-corrected chi connectivity index (χ0v) is 82.2. The number of allylic oxidation sites excluding steroid dienone is 6. The molecule has 4 fully saturated rings. The van der Waals surface area contributed by atoms with Crippen LogP contribution in [0.5, 0.6) is 5.88 Å². The summed E-state index contributed by atoms with van der Waals surface area (Å²) in [4.78, 5) is 85.5. The number of Topliss-reactive ketones (excluding diaryl/α,β-unsaturated/α-hetero) is 1. The number of pyridine rings is 2. The molecular weight excluding hydrogens is 1750 g/mol. The van der Waals surface area contributed by atoms with Crippen molar-refractivity contribution in [3.8, 4) is 22.7 Å². The maximum atomic E-state index is 14.8. The molecule has 33 heteroatoms. The van der Waals surface area contributed by atoms with Crippen LogP contribution in [-0.2, 0) is 101 Å². The van der Waals surface area contributed by atoms with E-state index < -0.39 is 84.1 Å². The van der Waals surface area contributed by atoms with E-state index in [2.05, 4.69) is 71.3 Å². The summed E-state index contributed by atoms with van der Waals surface area (Å²) in [7, 11) is 8.14. The van der Waals surface area contributed by atoms with Crippen molar-refractivity contribution in [1.29, 1.82) is 0 Å². The fraction of sp³-hybridized carbons (Fsp3) is 0.641. The molecule has 136 heavy (non-hydrogen) atoms. The summed E-state index contributed by atoms with van der Waals surface area (Å²) in [6, 6.07) is 14.8. The number of rotatable bonds is 40. The SMILES string of the molecule is COc1ccc(-c2ccc3ncc4c(c3c2)n(-c2ccc(N3CCN(C(=O)CCOCCOCCOCCOCCOCCOCCOCCOCCn5cc(CCC=C6[C@H](C)C[C@H](C)/C=C/C=C/C=C(\C)[C@@H](OC)C[C@@H]7CC[C@@H](C)[C@@](O)(O7)C(=O)C(=O)N7CCCC[C@H]7C(=O)O[C@H]([C@H](C)C[C@@H]7CC[C@@H](O)[C@H](OC)C7)C[C@@H](O)[C@H](C)/C=C(\C)[C@@H](O)[C@H]6OC)nn5)CC3)c(C)c2)c(=O)n4C)cn1. The average Bonchev–Trinajstić information content (AvgIpc) is 1.60. The molecule has 0 spiro atoms. The number of nitrogens with zero attached hydrogens (tertiary/aromatic N) is 10. The smallest absolute Gasteiger partial charge is 0.333 e. The lowest BCUT2D eigenvalue weighted by Gasteiger charge is -2.43. The van der Waals surface area contributed by atoms with Gasteiger partial charge in [-0.1, -0.05) is 88.4 Å². The molecular formula is C103H150N10O23. The minimum atomic E-state index is -2.44. The molecule has 750 valence electrons. The van der Waals surface area contributed by atoms with E-state index in [4.69, 9.17) is 71.3 Å². The molecule has 3 saturated heterocycles. The Balaban J connectivity index is 0.543. The summed E-state index contributed by atoms with van der Waals surface area (Å²) in [5, 5.41) is 57.3. The van der Waals surface area contributed by atoms with Gasteiger partial charge in [0.15, 0.2) is 0 Å². The molecule has 8 heterocycles. The third kappa shape index (κ3) is 30.3. The van der Waals surface area contributed by atoms with Gasteiger partial charge in [-0.15, -0.1) is 5.10 Å². The Kier molecular flexibility index (Phi) is 43.2. The average molecular weight is 1900 g/mol. The van der Waals surface area contributed by atoms with Crippen LogP contribution in [0.25, 0.3) is 38.8 Å². The first kappa shape index (κ1) is 108. The Labute approximate surface area is 801 Å². The second-order valence-electron chi connectivity index (χ2n) is 37.1. The number of hydrogen-bond donors (Lipinski definition) is 4. The van der Waals surface area contributed by atoms with Crippen LogP contribution in [-0.4, -0.2) is 315 Å². The second-order valence-corrected chi connectivity index (χ2v) is 37.1. The number of amides is 2. The minimum absolute atomic E-state index is 0.0201. The number of aliphatic hydroxyl groups is 4. The van der Waals surface area contributed by atoms with Crippen molar-refractivity contribution in [2.24, 2.45) is 42.6 Å². The number of methoxy groups -OCH3 is 4. The number of fused-ring (bicyclic) bond motifs is 6. The van der Waals surface area contributed by atoms with Crippen molar-refractivity contribution in [3.05, 3.63) is 148 Å². The highest BCUT2D eigenvalue weighted by Crippen LogP contribution is 2.40. The molecule has 0 radical (unpaired) electrons. The first-order valence-corrected chi connectivity index (χ1v) is 48.9. The Morgan fingerprint density at radius 1 is 0.662 bits per heavy atom. The van der Waals surface area contributed by atoms with Crippen LogP contribution in [0.15, 0.2) is 131 Å². The Morgan fingerprint density at radius 3 is 1.97 bits per heavy atom. The lowest BCUT2D eigenvalue weighted by atomic mass is 9.78. The van der Waals surface area contributed by atoms with E-state index in [1.807, 2.05) is 99.5 Å². The van der Waals surface area contributed by atoms with Gasteiger partial charge in [0.2, 0.25) is 17.6 Å². The monoisotopic (exact) mass is 1900 g/mol. The molecule has 33 nitrogen and oxygen atoms in total. The molecule has 2 bridgehead atoms. The van der Waals surface area contributed by atoms with Crippen LogP contribution in [0.2, 0.25) is 0 Å². The maximum absolute atomic E-state index is 14.8. The van der Waals surface area contributed by atoms with Gasteiger partial charge in [-0.25, -0.2) is 19.3 Å². The van der Waals surface area contributed by atoms with Crippen LogP contribution in [0.4, 0.5) is 5.69 Å². The van der Waals surface area contributed by atoms with Gasteiger partial charge in [0.25, 0.3) is 11.7 Å². The summed E-state index contributed by atoms with van der Waals surface area (Å²) in [5.41, 5.74) is 10.0. The number of carbonyl (C=O) groups is 4. The third-order valence-corrected chi connectivity index (χ3v) is 27.3. The summed E-state index contributed by atoms with van der Waals surface area (Å²) in [6.45, 7) is 25.2. The fourth-order valence-electron chi connectivity index (χ4n) is 19.1. The lowest BCUT2D eigenvalue weighted by Crippen LogP contribution is -2.61. The van der Waals surface area contributed by atoms with Crippen LogP contribution in [0, 0.1) is 42.4 Å². The summed E-state index contributed by atoms with van der Waals surface area (Å²) < 4.78 is 86.7. The van der Waals surface area contributed by atoms with Crippen molar-refractivity contribution >= 4 is 51.2 Å². The standard InChI is InChI=1S/C103H150N10O23/c1-69-20-15-14-16-21-70(2)91(123-10)64-82-30-25-76(8)103(122,136-82)99(118)100(119)112-36-18-17-24-87(112)101(120)135-92(74(6)60-77-26-33-89(114)93(62-77)124-11)65-90(115)73(5)59-75(7)97(117)98(126-13)83(71(3)58-69)23-19-22-80-68-111(107-106-80)41-43-128-45-47-130-49-51-132-53-55-134-57-56-133-54-52-131-50-48-129-46-44-127-42-35-95(116)110-39-37-109(38-40-110)86-32-29-81(61-72(86)4)113-96-84-63-78(79-28-34-94(125-12)105-66-79)27-31-85(84)104-67-88(96)108(9)102(113)121/h14-16,20-21,23,27-29,31-32,34,59,61,63,66-69,71,73-74,76-77,82,87,89-93,97-98,114-115,117,122H,17-19,22,24-26,30,33,35-58,60,62,64-65H2,1-13H3/b16-14+,20-15+,70-21+,75-59+,83-23?/t69-,71-,73-,74-,76-,77+,82+,87+,89-,90-,91+,92+,93-,97-,98+,103-/m1/s1. The number of aryl methyl sites for hydroxylation is 3. The number of cyclic esters (lactones) is 1. The predicted molar refractivity (Wildman–Crippen MR) is 516 cm³/mol. The zero-order chi connectivity index (χ0) is 97.2. The number of benzene rings is 2. The highest BCUT2D eigenvalue weighted by atomic mass is 16.6. The zero-order valence-electron chi connectivity index (χ0n) is 82.2. The van der Waals surface area contributed by atoms with Crippen LogP contribution >= 0.6 is 0 Å². The van der Waals surface area contributed by atoms with Crippen molar-refractivity contribution in [1.82, 2.24) is 43.9 Å². The van der Waals surface area contributed by atoms with Gasteiger partial charge in [-0.2, -0.15) is 0 Å². The van der Waals surface area contributed by atoms with Crippen molar-refractivity contribution in [3.63, 3.8) is 0 Å². The molecule has 4 aliphatic heterocycles. The number of ether oxygens (including phenoxy) is 14. The summed E-state index contributed by atoms with van der Waals surface area (Å²) >= 11 is 0. The van der Waals surface area contributed by atoms with E-state index in [1.165, 1.54) is 4.90 Å². The Bertz CT molecular complexity index is 4970. The molecule has 5 aliphatic rings. The number of anilines is 1. The summed E-state index contributed by atoms with van der Waals surface area (Å²) in [5.74, 6) is -6.11. The van der Waals surface area contributed by atoms with Gasteiger partial charge in [-0.3, -0.25) is 28.5 Å². The predicted octanol–water partition coefficient (Wildman–Crippen LogP) is 11.0. The molecule has 16 atom stereocenters. The molecule has 0 unspecified atom stereocenters. The first-order valence-electron chi connectivity index (χ1n) is 48.9. The molecule has 6 aromatic rings. The first-order chi connectivity index (χ1) is 65.7. The van der Waals surface area contributed by atoms with Gasteiger partial charge in [0, 0.05) is 121 Å². The molecule has 4 aromatic heterocycles. The molecule has 2 amide bonds. The van der Waals surface area contributed by atoms with Gasteiger partial charge in [0.1, 0.15) is 24.4 Å². The number of carbonyl (C=O) groups excluding carboxylic acids is 4. The van der Waals surface area contributed by atoms with E-state index in [0.29, 0.717) is 214 Å². The topological polar surface area (TPSA) is 372 Å². The lowest BCUT2D eigenvalue weighted by molar-refractivity contribution is -0.265. The number of aromatic nitrogens is 7. The molecule has 4 N–H and O–H groups in total. The number of ketones is 1. The van der Waals surface area contributed by atoms with Crippen LogP contribution in [0.1, 0.15) is 150 Å². The van der Waals surface area contributed by atoms with Crippen molar-refractivity contribution < 1.29 is 106 Å². The quantitative estimate of drug-likeness (QED) is 0.0120. The minimum Gasteiger partial charge on any atom is -0.481 e. The van der Waals surface area contributed by atoms with Crippen LogP contribution < -0.4 is 15.3 Å². The van der Waals surface area contributed by atoms with Gasteiger partial charge in [-0.05, 0) is 186 Å². The van der Waals surface area contributed by atoms with E-state index in [1.54, 1.807) is 68.6 Å². The fourth-order valence-corrected chi connectivity index (χ4v) is 19.1. The molecule has 2 aromatic carbocycles. The normalized spacial score (nSPS) is 27.1. The number of aliphatic hydroxyl groups excluding tert-OH is 3. The molecule has 1 saturated carbocycles. The van der Waals surface area contributed by atoms with Crippen molar-refractivity contribution in [2.75, 3.05) is 172 Å². The number of hydrogen-bond acceptors (Lipinski definition) is 28. The molecule has 11 rings (SSSR count). The summed E-state index contributed by atoms with van der Waals surface area (Å²) in [6.07, 6.45) is 20.9. The highest BCUT2D eigenvalue weighted by molar-refractivity contribution is 6.39. The number of piperidine rings is 1. The maximum Gasteiger partial charge on any atom is 0.333 e. The van der Waals surface area contributed by atoms with Gasteiger partial charge in [0.05, 0.1) is 190 Å². The van der Waals surface area contributed by atoms with E-state index in [9.17, 15) is 44.4 Å². The third-order valence-electron chi connectivity index (χ3n) is 27.3.